The van der Waals surface area contributed by atoms with E-state index in [1.807, 2.05) is 0 Å². The number of halogens is 3. The van der Waals surface area contributed by atoms with Crippen LogP contribution in [0.2, 0.25) is 0 Å². The van der Waals surface area contributed by atoms with Gasteiger partial charge in [-0.25, -0.2) is 0 Å². The number of hydrogen-bond acceptors (Lipinski definition) is 1. The molecule has 1 nitrogen and oxygen atoms in total. The van der Waals surface area contributed by atoms with Crippen molar-refractivity contribution in [2.75, 3.05) is 7.05 Å². The zero-order valence-corrected chi connectivity index (χ0v) is 5.65. The molecule has 0 spiro atoms. The van der Waals surface area contributed by atoms with E-state index in [-0.39, 0.29) is 6.42 Å². The highest BCUT2D eigenvalue weighted by molar-refractivity contribution is 4.88. The van der Waals surface area contributed by atoms with E-state index in [1.54, 1.807) is 6.54 Å². The zero-order chi connectivity index (χ0) is 7.78. The van der Waals surface area contributed by atoms with Gasteiger partial charge in [0, 0.05) is 6.54 Å². The van der Waals surface area contributed by atoms with Crippen molar-refractivity contribution in [2.45, 2.75) is 25.1 Å². The van der Waals surface area contributed by atoms with Crippen LogP contribution in [0.5, 0.6) is 0 Å². The van der Waals surface area contributed by atoms with Crippen molar-refractivity contribution < 1.29 is 13.2 Å². The summed E-state index contributed by atoms with van der Waals surface area (Å²) in [5.74, 6) is 0. The molecule has 0 aromatic heterocycles. The van der Waals surface area contributed by atoms with Crippen LogP contribution in [0.3, 0.4) is 0 Å². The van der Waals surface area contributed by atoms with Gasteiger partial charge in [-0.3, -0.25) is 4.90 Å². The van der Waals surface area contributed by atoms with E-state index >= 15 is 0 Å². The third kappa shape index (κ3) is 1.42. The molecule has 0 N–H and O–H groups in total. The smallest absolute Gasteiger partial charge is 0.291 e. The maximum atomic E-state index is 11.9. The van der Waals surface area contributed by atoms with Gasteiger partial charge in [0.05, 0.1) is 0 Å². The number of likely N-dealkylation sites (tertiary alicyclic amines) is 1. The molecule has 1 saturated heterocycles. The molecule has 0 bridgehead atoms. The average molecular weight is 152 g/mol. The van der Waals surface area contributed by atoms with E-state index in [2.05, 4.69) is 0 Å². The Bertz CT molecular complexity index is 121. The summed E-state index contributed by atoms with van der Waals surface area (Å²) in [5, 5.41) is 0. The highest BCUT2D eigenvalue weighted by atomic mass is 19.4. The van der Waals surface area contributed by atoms with Gasteiger partial charge >= 0.3 is 6.18 Å². The first-order chi connectivity index (χ1) is 4.52. The van der Waals surface area contributed by atoms with E-state index in [9.17, 15) is 13.2 Å². The van der Waals surface area contributed by atoms with Crippen molar-refractivity contribution >= 4 is 0 Å². The number of rotatable bonds is 0. The molecular formula is C6H9F3N. The van der Waals surface area contributed by atoms with Crippen LogP contribution in [0.1, 0.15) is 12.8 Å². The normalized spacial score (nSPS) is 29.4. The molecule has 1 unspecified atom stereocenters. The van der Waals surface area contributed by atoms with Gasteiger partial charge in [-0.15, -0.1) is 0 Å². The minimum absolute atomic E-state index is 0.208. The van der Waals surface area contributed by atoms with Crippen LogP contribution in [0.25, 0.3) is 0 Å². The van der Waals surface area contributed by atoms with Crippen LogP contribution in [-0.2, 0) is 0 Å². The molecule has 10 heavy (non-hydrogen) atoms. The molecule has 4 heteroatoms. The van der Waals surface area contributed by atoms with Crippen LogP contribution in [0.4, 0.5) is 13.2 Å². The van der Waals surface area contributed by atoms with Crippen LogP contribution < -0.4 is 0 Å². The quantitative estimate of drug-likeness (QED) is 0.511. The van der Waals surface area contributed by atoms with Crippen LogP contribution >= 0.6 is 0 Å². The number of alkyl halides is 3. The fraction of sp³-hybridized carbons (Fsp3) is 0.833. The predicted octanol–water partition coefficient (Wildman–Crippen LogP) is 1.80. The molecule has 1 aliphatic rings. The molecule has 0 saturated carbocycles. The average Bonchev–Trinajstić information content (AvgIpc) is 2.11. The molecule has 0 aromatic carbocycles. The second kappa shape index (κ2) is 2.42. The van der Waals surface area contributed by atoms with Crippen molar-refractivity contribution in [3.8, 4) is 0 Å². The summed E-state index contributed by atoms with van der Waals surface area (Å²) >= 11 is 0. The third-order valence-corrected chi connectivity index (χ3v) is 1.73. The fourth-order valence-electron chi connectivity index (χ4n) is 1.16. The topological polar surface area (TPSA) is 3.24 Å². The molecule has 1 radical (unpaired) electrons. The monoisotopic (exact) mass is 152 g/mol. The lowest BCUT2D eigenvalue weighted by Crippen LogP contribution is -2.37. The predicted molar refractivity (Wildman–Crippen MR) is 31.1 cm³/mol. The van der Waals surface area contributed by atoms with Crippen molar-refractivity contribution in [3.63, 3.8) is 0 Å². The molecule has 1 rings (SSSR count). The summed E-state index contributed by atoms with van der Waals surface area (Å²) in [6, 6.07) is -1.24. The Morgan fingerprint density at radius 1 is 1.50 bits per heavy atom. The van der Waals surface area contributed by atoms with Crippen molar-refractivity contribution in [1.29, 1.82) is 0 Å². The molecule has 0 aromatic rings. The molecule has 59 valence electrons. The Labute approximate surface area is 57.8 Å². The molecule has 1 aliphatic heterocycles. The van der Waals surface area contributed by atoms with Crippen LogP contribution in [0, 0.1) is 6.54 Å². The number of nitrogens with zero attached hydrogens (tertiary/aromatic N) is 1. The van der Waals surface area contributed by atoms with Crippen LogP contribution in [0.15, 0.2) is 0 Å². The van der Waals surface area contributed by atoms with E-state index in [0.29, 0.717) is 6.42 Å². The minimum atomic E-state index is -4.05. The second-order valence-corrected chi connectivity index (χ2v) is 2.48. The molecular weight excluding hydrogens is 143 g/mol. The highest BCUT2D eigenvalue weighted by Gasteiger charge is 2.44. The lowest BCUT2D eigenvalue weighted by Gasteiger charge is -2.21. The summed E-state index contributed by atoms with van der Waals surface area (Å²) in [6.45, 7) is 1.58. The lowest BCUT2D eigenvalue weighted by atomic mass is 10.2. The molecule has 1 atom stereocenters. The molecule has 0 aliphatic carbocycles. The Hall–Kier alpha value is -0.250. The largest absolute Gasteiger partial charge is 0.404 e. The Morgan fingerprint density at radius 2 is 2.10 bits per heavy atom. The molecule has 0 amide bonds. The van der Waals surface area contributed by atoms with Gasteiger partial charge in [0.2, 0.25) is 0 Å². The summed E-state index contributed by atoms with van der Waals surface area (Å²) in [4.78, 5) is 1.24. The summed E-state index contributed by atoms with van der Waals surface area (Å²) in [5.41, 5.74) is 0. The van der Waals surface area contributed by atoms with Gasteiger partial charge in [0.1, 0.15) is 6.04 Å². The van der Waals surface area contributed by atoms with Gasteiger partial charge in [-0.05, 0) is 19.9 Å². The Balaban J connectivity index is 2.55. The summed E-state index contributed by atoms with van der Waals surface area (Å²) in [7, 11) is 1.46. The van der Waals surface area contributed by atoms with Gasteiger partial charge in [0.25, 0.3) is 0 Å². The first-order valence-electron chi connectivity index (χ1n) is 3.14. The number of hydrogen-bond donors (Lipinski definition) is 0. The lowest BCUT2D eigenvalue weighted by molar-refractivity contribution is -0.170. The van der Waals surface area contributed by atoms with Crippen LogP contribution in [-0.4, -0.2) is 24.2 Å². The Kier molecular flexibility index (Phi) is 1.90. The molecule has 1 heterocycles. The summed E-state index contributed by atoms with van der Waals surface area (Å²) < 4.78 is 35.8. The van der Waals surface area contributed by atoms with Gasteiger partial charge in [0.15, 0.2) is 0 Å². The standard InChI is InChI=1S/C6H9F3N/c1-10-4-2-3-5(10)6(7,8)9/h4-5H,2-3H2,1H3. The molecule has 1 fully saturated rings. The zero-order valence-electron chi connectivity index (χ0n) is 5.65. The van der Waals surface area contributed by atoms with Crippen molar-refractivity contribution in [3.05, 3.63) is 6.54 Å². The fourth-order valence-corrected chi connectivity index (χ4v) is 1.16. The maximum absolute atomic E-state index is 11.9. The minimum Gasteiger partial charge on any atom is -0.291 e. The highest BCUT2D eigenvalue weighted by Crippen LogP contribution is 2.32. The van der Waals surface area contributed by atoms with E-state index < -0.39 is 12.2 Å². The first-order valence-corrected chi connectivity index (χ1v) is 3.14. The SMILES string of the molecule is CN1[CH]CCC1C(F)(F)F. The van der Waals surface area contributed by atoms with E-state index in [0.717, 1.165) is 0 Å². The van der Waals surface area contributed by atoms with Crippen molar-refractivity contribution in [2.24, 2.45) is 0 Å². The van der Waals surface area contributed by atoms with Crippen molar-refractivity contribution in [1.82, 2.24) is 4.90 Å². The second-order valence-electron chi connectivity index (χ2n) is 2.48. The van der Waals surface area contributed by atoms with Gasteiger partial charge < -0.3 is 0 Å². The Morgan fingerprint density at radius 3 is 2.30 bits per heavy atom. The van der Waals surface area contributed by atoms with Gasteiger partial charge in [-0.1, -0.05) is 0 Å². The van der Waals surface area contributed by atoms with Gasteiger partial charge in [-0.2, -0.15) is 13.2 Å². The third-order valence-electron chi connectivity index (χ3n) is 1.73. The summed E-state index contributed by atoms with van der Waals surface area (Å²) in [6.07, 6.45) is -3.30. The van der Waals surface area contributed by atoms with E-state index in [4.69, 9.17) is 0 Å². The van der Waals surface area contributed by atoms with E-state index in [1.165, 1.54) is 11.9 Å². The maximum Gasteiger partial charge on any atom is 0.404 e. The first kappa shape index (κ1) is 7.85.